The molecule has 1 N–H and O–H groups in total. The highest BCUT2D eigenvalue weighted by Crippen LogP contribution is 2.26. The van der Waals surface area contributed by atoms with E-state index in [4.69, 9.17) is 0 Å². The molecule has 1 aromatic heterocycles. The molecule has 0 aliphatic carbocycles. The predicted octanol–water partition coefficient (Wildman–Crippen LogP) is 1.87. The van der Waals surface area contributed by atoms with Crippen LogP contribution in [-0.2, 0) is 4.79 Å². The second kappa shape index (κ2) is 7.20. The van der Waals surface area contributed by atoms with E-state index in [1.165, 1.54) is 9.75 Å². The normalized spacial score (nSPS) is 18.6. The predicted molar refractivity (Wildman–Crippen MR) is 84.2 cm³/mol. The number of amides is 1. The minimum atomic E-state index is 0.159. The van der Waals surface area contributed by atoms with E-state index in [0.717, 1.165) is 32.6 Å². The van der Waals surface area contributed by atoms with Gasteiger partial charge in [0.2, 0.25) is 5.91 Å². The fourth-order valence-corrected chi connectivity index (χ4v) is 3.42. The van der Waals surface area contributed by atoms with Gasteiger partial charge < -0.3 is 10.2 Å². The van der Waals surface area contributed by atoms with Crippen molar-refractivity contribution < 1.29 is 4.79 Å². The number of thiophene rings is 1. The summed E-state index contributed by atoms with van der Waals surface area (Å²) >= 11 is 1.77. The van der Waals surface area contributed by atoms with Crippen molar-refractivity contribution in [3.05, 3.63) is 21.9 Å². The van der Waals surface area contributed by atoms with Crippen LogP contribution < -0.4 is 5.32 Å². The van der Waals surface area contributed by atoms with Crippen molar-refractivity contribution in [2.75, 3.05) is 39.8 Å². The second-order valence-corrected chi connectivity index (χ2v) is 6.83. The molecule has 1 unspecified atom stereocenters. The molecule has 1 fully saturated rings. The van der Waals surface area contributed by atoms with E-state index >= 15 is 0 Å². The van der Waals surface area contributed by atoms with E-state index < -0.39 is 0 Å². The summed E-state index contributed by atoms with van der Waals surface area (Å²) in [5.74, 6) is 0.213. The molecule has 20 heavy (non-hydrogen) atoms. The molecule has 1 amide bonds. The van der Waals surface area contributed by atoms with Gasteiger partial charge in [0.25, 0.3) is 0 Å². The summed E-state index contributed by atoms with van der Waals surface area (Å²) in [5, 5.41) is 3.37. The molecule has 1 saturated heterocycles. The number of likely N-dealkylation sites (N-methyl/N-ethyl adjacent to an activating group) is 1. The molecule has 2 rings (SSSR count). The van der Waals surface area contributed by atoms with Gasteiger partial charge in [0, 0.05) is 29.9 Å². The lowest BCUT2D eigenvalue weighted by atomic mass is 10.2. The quantitative estimate of drug-likeness (QED) is 0.921. The molecule has 0 aromatic carbocycles. The Morgan fingerprint density at radius 3 is 2.95 bits per heavy atom. The molecule has 0 radical (unpaired) electrons. The van der Waals surface area contributed by atoms with Gasteiger partial charge in [-0.3, -0.25) is 9.69 Å². The molecule has 1 aliphatic heterocycles. The maximum atomic E-state index is 12.4. The van der Waals surface area contributed by atoms with Gasteiger partial charge in [0.1, 0.15) is 0 Å². The molecule has 1 atom stereocenters. The third-order valence-electron chi connectivity index (χ3n) is 3.94. The van der Waals surface area contributed by atoms with Crippen LogP contribution in [0.15, 0.2) is 12.1 Å². The van der Waals surface area contributed by atoms with Gasteiger partial charge in [0.05, 0.1) is 12.6 Å². The van der Waals surface area contributed by atoms with Gasteiger partial charge in [-0.15, -0.1) is 11.3 Å². The highest BCUT2D eigenvalue weighted by molar-refractivity contribution is 7.12. The Labute approximate surface area is 125 Å². The average molecular weight is 295 g/mol. The molecule has 112 valence electrons. The van der Waals surface area contributed by atoms with E-state index in [2.05, 4.69) is 36.2 Å². The molecular weight excluding hydrogens is 270 g/mol. The van der Waals surface area contributed by atoms with E-state index in [0.29, 0.717) is 6.54 Å². The largest absolute Gasteiger partial charge is 0.337 e. The van der Waals surface area contributed by atoms with Gasteiger partial charge >= 0.3 is 0 Å². The number of carbonyl (C=O) groups is 1. The highest BCUT2D eigenvalue weighted by atomic mass is 32.1. The van der Waals surface area contributed by atoms with Crippen LogP contribution in [0.5, 0.6) is 0 Å². The first-order chi connectivity index (χ1) is 9.58. The second-order valence-electron chi connectivity index (χ2n) is 5.51. The summed E-state index contributed by atoms with van der Waals surface area (Å²) in [7, 11) is 1.91. The first-order valence-corrected chi connectivity index (χ1v) is 8.14. The van der Waals surface area contributed by atoms with Crippen molar-refractivity contribution in [1.29, 1.82) is 0 Å². The van der Waals surface area contributed by atoms with E-state index in [1.54, 1.807) is 11.3 Å². The summed E-state index contributed by atoms with van der Waals surface area (Å²) in [5.41, 5.74) is 0. The van der Waals surface area contributed by atoms with Crippen molar-refractivity contribution in [1.82, 2.24) is 15.1 Å². The van der Waals surface area contributed by atoms with Crippen molar-refractivity contribution >= 4 is 17.2 Å². The minimum absolute atomic E-state index is 0.159. The summed E-state index contributed by atoms with van der Waals surface area (Å²) < 4.78 is 0. The Balaban J connectivity index is 1.90. The molecule has 0 saturated carbocycles. The van der Waals surface area contributed by atoms with E-state index in [1.807, 2.05) is 11.9 Å². The van der Waals surface area contributed by atoms with Crippen LogP contribution >= 0.6 is 11.3 Å². The van der Waals surface area contributed by atoms with Crippen LogP contribution in [0.4, 0.5) is 0 Å². The van der Waals surface area contributed by atoms with Crippen molar-refractivity contribution in [3.63, 3.8) is 0 Å². The smallest absolute Gasteiger partial charge is 0.237 e. The maximum Gasteiger partial charge on any atom is 0.237 e. The van der Waals surface area contributed by atoms with Gasteiger partial charge in [-0.2, -0.15) is 0 Å². The molecular formula is C15H25N3OS. The van der Waals surface area contributed by atoms with Gasteiger partial charge in [-0.1, -0.05) is 0 Å². The maximum absolute atomic E-state index is 12.4. The number of nitrogens with zero attached hydrogens (tertiary/aromatic N) is 2. The summed E-state index contributed by atoms with van der Waals surface area (Å²) in [6, 6.07) is 4.41. The average Bonchev–Trinajstić information content (AvgIpc) is 2.71. The SMILES string of the molecule is Cc1ccc(C(C)N(C)C(=O)CN2CCCNCC2)s1. The third kappa shape index (κ3) is 4.04. The van der Waals surface area contributed by atoms with Crippen molar-refractivity contribution in [2.45, 2.75) is 26.3 Å². The minimum Gasteiger partial charge on any atom is -0.337 e. The lowest BCUT2D eigenvalue weighted by Gasteiger charge is -2.27. The molecule has 0 bridgehead atoms. The number of hydrogen-bond acceptors (Lipinski definition) is 4. The molecule has 1 aliphatic rings. The topological polar surface area (TPSA) is 35.6 Å². The Kier molecular flexibility index (Phi) is 5.57. The molecule has 0 spiro atoms. The summed E-state index contributed by atoms with van der Waals surface area (Å²) in [4.78, 5) is 19.1. The van der Waals surface area contributed by atoms with Crippen LogP contribution in [0, 0.1) is 6.92 Å². The Hall–Kier alpha value is -0.910. The Morgan fingerprint density at radius 1 is 1.45 bits per heavy atom. The lowest BCUT2D eigenvalue weighted by molar-refractivity contribution is -0.132. The van der Waals surface area contributed by atoms with E-state index in [-0.39, 0.29) is 11.9 Å². The molecule has 5 heteroatoms. The highest BCUT2D eigenvalue weighted by Gasteiger charge is 2.21. The van der Waals surface area contributed by atoms with Crippen LogP contribution in [0.2, 0.25) is 0 Å². The Morgan fingerprint density at radius 2 is 2.25 bits per heavy atom. The van der Waals surface area contributed by atoms with Crippen LogP contribution in [-0.4, -0.2) is 55.5 Å². The van der Waals surface area contributed by atoms with Gasteiger partial charge in [-0.25, -0.2) is 0 Å². The number of aryl methyl sites for hydroxylation is 1. The van der Waals surface area contributed by atoms with Crippen molar-refractivity contribution in [3.8, 4) is 0 Å². The monoisotopic (exact) mass is 295 g/mol. The lowest BCUT2D eigenvalue weighted by Crippen LogP contribution is -2.40. The molecule has 2 heterocycles. The zero-order chi connectivity index (χ0) is 14.5. The summed E-state index contributed by atoms with van der Waals surface area (Å²) in [6.45, 7) is 8.76. The fraction of sp³-hybridized carbons (Fsp3) is 0.667. The zero-order valence-electron chi connectivity index (χ0n) is 12.7. The van der Waals surface area contributed by atoms with Crippen LogP contribution in [0.1, 0.15) is 29.1 Å². The van der Waals surface area contributed by atoms with Crippen molar-refractivity contribution in [2.24, 2.45) is 0 Å². The number of nitrogens with one attached hydrogen (secondary N) is 1. The van der Waals surface area contributed by atoms with Crippen LogP contribution in [0.3, 0.4) is 0 Å². The fourth-order valence-electron chi connectivity index (χ4n) is 2.45. The number of hydrogen-bond donors (Lipinski definition) is 1. The third-order valence-corrected chi connectivity index (χ3v) is 5.11. The zero-order valence-corrected chi connectivity index (χ0v) is 13.5. The number of rotatable bonds is 4. The van der Waals surface area contributed by atoms with Crippen LogP contribution in [0.25, 0.3) is 0 Å². The number of carbonyl (C=O) groups excluding carboxylic acids is 1. The van der Waals surface area contributed by atoms with Gasteiger partial charge in [0.15, 0.2) is 0 Å². The van der Waals surface area contributed by atoms with Gasteiger partial charge in [-0.05, 0) is 45.5 Å². The first kappa shape index (κ1) is 15.5. The standard InChI is InChI=1S/C15H25N3OS/c1-12-5-6-14(20-12)13(2)17(3)15(19)11-18-9-4-7-16-8-10-18/h5-6,13,16H,4,7-11H2,1-3H3. The summed E-state index contributed by atoms with van der Waals surface area (Å²) in [6.07, 6.45) is 1.12. The molecule has 4 nitrogen and oxygen atoms in total. The van der Waals surface area contributed by atoms with E-state index in [9.17, 15) is 4.79 Å². The molecule has 1 aromatic rings. The Bertz CT molecular complexity index is 438. The first-order valence-electron chi connectivity index (χ1n) is 7.33.